The second-order valence-corrected chi connectivity index (χ2v) is 8.35. The van der Waals surface area contributed by atoms with Crippen molar-refractivity contribution in [3.8, 4) is 11.8 Å². The maximum Gasteiger partial charge on any atom is 0.355 e. The summed E-state index contributed by atoms with van der Waals surface area (Å²) in [5, 5.41) is 20.1. The van der Waals surface area contributed by atoms with E-state index in [0.29, 0.717) is 5.56 Å². The Bertz CT molecular complexity index is 1370. The summed E-state index contributed by atoms with van der Waals surface area (Å²) < 4.78 is 42.0. The Balaban J connectivity index is 2.41. The summed E-state index contributed by atoms with van der Waals surface area (Å²) in [7, 11) is -2.60. The number of hydrogen-bond acceptors (Lipinski definition) is 10. The monoisotopic (exact) mass is 485 g/mol. The Hall–Kier alpha value is -4.34. The summed E-state index contributed by atoms with van der Waals surface area (Å²) in [6.45, 7) is 0. The van der Waals surface area contributed by atoms with Gasteiger partial charge in [0.1, 0.15) is 22.2 Å². The molecule has 4 N–H and O–H groups in total. The number of nitriles is 1. The number of phenolic OH excluding ortho intramolecular Hbond substituents is 1. The lowest BCUT2D eigenvalue weighted by molar-refractivity contribution is -0.139. The van der Waals surface area contributed by atoms with E-state index >= 15 is 0 Å². The van der Waals surface area contributed by atoms with Crippen LogP contribution in [-0.2, 0) is 29.2 Å². The number of carbonyl (C=O) groups excluding carboxylic acids is 2. The molecule has 0 saturated heterocycles. The highest BCUT2D eigenvalue weighted by Crippen LogP contribution is 2.44. The molecule has 0 fully saturated rings. The van der Waals surface area contributed by atoms with Crippen LogP contribution >= 0.6 is 0 Å². The van der Waals surface area contributed by atoms with Gasteiger partial charge in [0.15, 0.2) is 0 Å². The second-order valence-electron chi connectivity index (χ2n) is 6.96. The highest BCUT2D eigenvalue weighted by Gasteiger charge is 2.43. The molecule has 1 unspecified atom stereocenters. The third kappa shape index (κ3) is 4.17. The third-order valence-electron chi connectivity index (χ3n) is 5.09. The Kier molecular flexibility index (Phi) is 6.62. The standard InChI is InChI=1S/C22H19N3O8S/c1-32-21(27)18-17(12-6-4-3-5-7-12)14(11-23)20(24)25(19(18)22(28)33-2)13-8-9-16(15(26)10-13)34(29,30)31/h3-10,17,26H,24H2,1-2H3,(H,29,30,31). The predicted octanol–water partition coefficient (Wildman–Crippen LogP) is 1.54. The second kappa shape index (κ2) is 9.26. The van der Waals surface area contributed by atoms with Gasteiger partial charge >= 0.3 is 11.9 Å². The number of carbonyl (C=O) groups is 2. The van der Waals surface area contributed by atoms with Crippen molar-refractivity contribution in [3.05, 3.63) is 76.8 Å². The molecule has 1 atom stereocenters. The molecule has 0 radical (unpaired) electrons. The molecule has 0 bridgehead atoms. The first-order valence-corrected chi connectivity index (χ1v) is 11.0. The first-order chi connectivity index (χ1) is 16.1. The van der Waals surface area contributed by atoms with E-state index in [1.165, 1.54) is 0 Å². The molecule has 12 heteroatoms. The number of nitrogens with two attached hydrogens (primary N) is 1. The zero-order valence-corrected chi connectivity index (χ0v) is 18.7. The number of esters is 2. The van der Waals surface area contributed by atoms with Gasteiger partial charge in [0.2, 0.25) is 0 Å². The maximum atomic E-state index is 12.9. The molecule has 1 aliphatic rings. The maximum absolute atomic E-state index is 12.9. The first kappa shape index (κ1) is 24.3. The van der Waals surface area contributed by atoms with Gasteiger partial charge in [0.25, 0.3) is 10.1 Å². The van der Waals surface area contributed by atoms with Gasteiger partial charge in [-0.15, -0.1) is 0 Å². The lowest BCUT2D eigenvalue weighted by atomic mass is 9.81. The summed E-state index contributed by atoms with van der Waals surface area (Å²) >= 11 is 0. The number of ether oxygens (including phenoxy) is 2. The average Bonchev–Trinajstić information content (AvgIpc) is 2.81. The molecule has 0 spiro atoms. The molecule has 1 aliphatic heterocycles. The summed E-state index contributed by atoms with van der Waals surface area (Å²) in [6.07, 6.45) is 0. The minimum atomic E-state index is -4.76. The summed E-state index contributed by atoms with van der Waals surface area (Å²) in [5.74, 6) is -4.18. The van der Waals surface area contributed by atoms with Crippen LogP contribution in [0.2, 0.25) is 0 Å². The van der Waals surface area contributed by atoms with Crippen molar-refractivity contribution in [1.29, 1.82) is 5.26 Å². The Morgan fingerprint density at radius 3 is 2.21 bits per heavy atom. The van der Waals surface area contributed by atoms with Gasteiger partial charge in [-0.05, 0) is 17.7 Å². The SMILES string of the molecule is COC(=O)C1=C(C(=O)OC)N(c2ccc(S(=O)(=O)O)c(O)c2)C(N)=C(C#N)C1c1ccccc1. The molecule has 0 saturated carbocycles. The van der Waals surface area contributed by atoms with E-state index in [2.05, 4.69) is 0 Å². The van der Waals surface area contributed by atoms with Gasteiger partial charge in [-0.1, -0.05) is 30.3 Å². The van der Waals surface area contributed by atoms with Crippen molar-refractivity contribution >= 4 is 27.7 Å². The Labute approximate surface area is 194 Å². The molecule has 34 heavy (non-hydrogen) atoms. The van der Waals surface area contributed by atoms with E-state index in [4.69, 9.17) is 15.2 Å². The Morgan fingerprint density at radius 1 is 1.09 bits per heavy atom. The minimum absolute atomic E-state index is 0.0940. The summed E-state index contributed by atoms with van der Waals surface area (Å²) in [5.41, 5.74) is 5.89. The fourth-order valence-electron chi connectivity index (χ4n) is 3.64. The molecule has 11 nitrogen and oxygen atoms in total. The fourth-order valence-corrected chi connectivity index (χ4v) is 4.21. The van der Waals surface area contributed by atoms with Crippen molar-refractivity contribution in [2.45, 2.75) is 10.8 Å². The topological polar surface area (TPSA) is 180 Å². The van der Waals surface area contributed by atoms with Gasteiger partial charge < -0.3 is 20.3 Å². The first-order valence-electron chi connectivity index (χ1n) is 9.52. The van der Waals surface area contributed by atoms with Crippen LogP contribution in [0.3, 0.4) is 0 Å². The molecular formula is C22H19N3O8S. The van der Waals surface area contributed by atoms with Gasteiger partial charge in [-0.3, -0.25) is 9.45 Å². The quantitative estimate of drug-likeness (QED) is 0.413. The number of nitrogens with zero attached hydrogens (tertiary/aromatic N) is 2. The van der Waals surface area contributed by atoms with Crippen LogP contribution in [0.5, 0.6) is 5.75 Å². The summed E-state index contributed by atoms with van der Waals surface area (Å²) in [4.78, 5) is 26.0. The van der Waals surface area contributed by atoms with Crippen LogP contribution in [0.25, 0.3) is 0 Å². The number of phenols is 1. The van der Waals surface area contributed by atoms with Crippen LogP contribution in [0.15, 0.2) is 76.1 Å². The molecular weight excluding hydrogens is 466 g/mol. The van der Waals surface area contributed by atoms with Crippen LogP contribution in [0, 0.1) is 11.3 Å². The lowest BCUT2D eigenvalue weighted by Crippen LogP contribution is -2.40. The van der Waals surface area contributed by atoms with Gasteiger partial charge in [0, 0.05) is 6.07 Å². The predicted molar refractivity (Wildman–Crippen MR) is 117 cm³/mol. The molecule has 2 aromatic carbocycles. The van der Waals surface area contributed by atoms with Crippen molar-refractivity contribution in [1.82, 2.24) is 0 Å². The molecule has 0 aliphatic carbocycles. The number of hydrogen-bond donors (Lipinski definition) is 3. The molecule has 0 aromatic heterocycles. The smallest absolute Gasteiger partial charge is 0.355 e. The lowest BCUT2D eigenvalue weighted by Gasteiger charge is -2.35. The average molecular weight is 485 g/mol. The Morgan fingerprint density at radius 2 is 1.71 bits per heavy atom. The van der Waals surface area contributed by atoms with Crippen molar-refractivity contribution < 1.29 is 37.1 Å². The van der Waals surface area contributed by atoms with Gasteiger partial charge in [-0.2, -0.15) is 13.7 Å². The van der Waals surface area contributed by atoms with Crippen LogP contribution in [0.1, 0.15) is 11.5 Å². The van der Waals surface area contributed by atoms with E-state index in [1.54, 1.807) is 30.3 Å². The van der Waals surface area contributed by atoms with Crippen LogP contribution in [-0.4, -0.2) is 44.2 Å². The summed E-state index contributed by atoms with van der Waals surface area (Å²) in [6, 6.07) is 13.2. The van der Waals surface area contributed by atoms with E-state index in [1.807, 2.05) is 6.07 Å². The zero-order chi connectivity index (χ0) is 25.2. The normalized spacial score (nSPS) is 16.2. The molecule has 3 rings (SSSR count). The van der Waals surface area contributed by atoms with Crippen molar-refractivity contribution in [2.24, 2.45) is 5.73 Å². The number of methoxy groups -OCH3 is 2. The largest absolute Gasteiger partial charge is 0.506 e. The molecule has 1 heterocycles. The number of rotatable bonds is 5. The highest BCUT2D eigenvalue weighted by atomic mass is 32.2. The number of anilines is 1. The third-order valence-corrected chi connectivity index (χ3v) is 5.99. The van der Waals surface area contributed by atoms with Crippen molar-refractivity contribution in [2.75, 3.05) is 19.1 Å². The van der Waals surface area contributed by atoms with E-state index in [0.717, 1.165) is 37.3 Å². The van der Waals surface area contributed by atoms with E-state index < -0.39 is 44.3 Å². The van der Waals surface area contributed by atoms with E-state index in [9.17, 15) is 32.9 Å². The van der Waals surface area contributed by atoms with Crippen LogP contribution in [0.4, 0.5) is 5.69 Å². The number of aromatic hydroxyl groups is 1. The van der Waals surface area contributed by atoms with Gasteiger partial charge in [-0.25, -0.2) is 9.59 Å². The molecule has 2 aromatic rings. The number of benzene rings is 2. The molecule has 0 amide bonds. The van der Waals surface area contributed by atoms with E-state index in [-0.39, 0.29) is 22.7 Å². The fraction of sp³-hybridized carbons (Fsp3) is 0.136. The van der Waals surface area contributed by atoms with Crippen LogP contribution < -0.4 is 10.6 Å². The number of allylic oxidation sites excluding steroid dienone is 1. The zero-order valence-electron chi connectivity index (χ0n) is 17.9. The van der Waals surface area contributed by atoms with Gasteiger partial charge in [0.05, 0.1) is 43.0 Å². The van der Waals surface area contributed by atoms with Crippen molar-refractivity contribution in [3.63, 3.8) is 0 Å². The highest BCUT2D eigenvalue weighted by molar-refractivity contribution is 7.86. The minimum Gasteiger partial charge on any atom is -0.506 e. The molecule has 176 valence electrons.